The second-order valence-corrected chi connectivity index (χ2v) is 9.97. The van der Waals surface area contributed by atoms with Crippen molar-refractivity contribution in [1.82, 2.24) is 15.2 Å². The molecule has 0 saturated carbocycles. The van der Waals surface area contributed by atoms with Crippen LogP contribution in [-0.4, -0.2) is 72.2 Å². The molecule has 1 aromatic heterocycles. The van der Waals surface area contributed by atoms with Gasteiger partial charge in [-0.1, -0.05) is 24.3 Å². The lowest BCUT2D eigenvalue weighted by Crippen LogP contribution is -2.26. The van der Waals surface area contributed by atoms with Crippen molar-refractivity contribution in [1.29, 1.82) is 0 Å². The van der Waals surface area contributed by atoms with Gasteiger partial charge in [0.25, 0.3) is 0 Å². The Balaban J connectivity index is 1.29. The molecule has 1 saturated heterocycles. The molecule has 0 amide bonds. The SMILES string of the molecule is Cc1c(OCCCNC(CO)c2ccncc2)cccc1-c1cccc(OCCCN2CC[C@@H](O)C2)c1C. The number of hydrogen-bond donors (Lipinski definition) is 3. The minimum absolute atomic E-state index is 0.0384. The summed E-state index contributed by atoms with van der Waals surface area (Å²) in [7, 11) is 0. The highest BCUT2D eigenvalue weighted by Gasteiger charge is 2.19. The Kier molecular flexibility index (Phi) is 10.5. The van der Waals surface area contributed by atoms with Crippen molar-refractivity contribution in [2.75, 3.05) is 46.0 Å². The number of nitrogens with zero attached hydrogens (tertiary/aromatic N) is 2. The normalized spacial score (nSPS) is 16.5. The van der Waals surface area contributed by atoms with Crippen molar-refractivity contribution < 1.29 is 19.7 Å². The van der Waals surface area contributed by atoms with E-state index in [2.05, 4.69) is 41.2 Å². The highest BCUT2D eigenvalue weighted by Crippen LogP contribution is 2.35. The zero-order valence-electron chi connectivity index (χ0n) is 22.6. The first kappa shape index (κ1) is 28.0. The molecule has 0 bridgehead atoms. The number of aliphatic hydroxyl groups is 2. The Morgan fingerprint density at radius 2 is 1.58 bits per heavy atom. The molecule has 7 nitrogen and oxygen atoms in total. The van der Waals surface area contributed by atoms with E-state index in [0.29, 0.717) is 13.2 Å². The quantitative estimate of drug-likeness (QED) is 0.274. The maximum Gasteiger partial charge on any atom is 0.122 e. The monoisotopic (exact) mass is 519 g/mol. The lowest BCUT2D eigenvalue weighted by atomic mass is 9.95. The molecule has 38 heavy (non-hydrogen) atoms. The fourth-order valence-electron chi connectivity index (χ4n) is 5.02. The van der Waals surface area contributed by atoms with E-state index in [9.17, 15) is 10.2 Å². The van der Waals surface area contributed by atoms with Gasteiger partial charge in [0.2, 0.25) is 0 Å². The van der Waals surface area contributed by atoms with Gasteiger partial charge >= 0.3 is 0 Å². The topological polar surface area (TPSA) is 87.1 Å². The summed E-state index contributed by atoms with van der Waals surface area (Å²) in [5.74, 6) is 1.79. The maximum absolute atomic E-state index is 9.71. The molecule has 1 aliphatic rings. The number of hydrogen-bond acceptors (Lipinski definition) is 7. The number of aromatic nitrogens is 1. The summed E-state index contributed by atoms with van der Waals surface area (Å²) < 4.78 is 12.3. The Labute approximate surface area is 226 Å². The number of rotatable bonds is 14. The maximum atomic E-state index is 9.71. The molecule has 1 unspecified atom stereocenters. The fraction of sp³-hybridized carbons (Fsp3) is 0.452. The summed E-state index contributed by atoms with van der Waals surface area (Å²) in [4.78, 5) is 6.34. The number of nitrogens with one attached hydrogen (secondary N) is 1. The zero-order valence-corrected chi connectivity index (χ0v) is 22.6. The molecule has 204 valence electrons. The average molecular weight is 520 g/mol. The second-order valence-electron chi connectivity index (χ2n) is 9.97. The van der Waals surface area contributed by atoms with E-state index in [0.717, 1.165) is 84.8 Å². The molecular weight excluding hydrogens is 478 g/mol. The van der Waals surface area contributed by atoms with Gasteiger partial charge in [-0.25, -0.2) is 0 Å². The molecule has 0 radical (unpaired) electrons. The summed E-state index contributed by atoms with van der Waals surface area (Å²) in [5.41, 5.74) is 5.56. The number of pyridine rings is 1. The molecule has 2 atom stereocenters. The number of β-amino-alcohol motifs (C(OH)–C–C–N with tert-alkyl or cyclic N) is 1. The van der Waals surface area contributed by atoms with Gasteiger partial charge in [0.05, 0.1) is 32.0 Å². The molecule has 4 rings (SSSR count). The van der Waals surface area contributed by atoms with Crippen LogP contribution in [0.15, 0.2) is 60.9 Å². The van der Waals surface area contributed by atoms with Crippen molar-refractivity contribution in [3.63, 3.8) is 0 Å². The molecule has 1 fully saturated rings. The van der Waals surface area contributed by atoms with Crippen LogP contribution >= 0.6 is 0 Å². The Morgan fingerprint density at radius 1 is 0.947 bits per heavy atom. The minimum atomic E-state index is -0.175. The predicted molar refractivity (Wildman–Crippen MR) is 151 cm³/mol. The van der Waals surface area contributed by atoms with Crippen molar-refractivity contribution >= 4 is 0 Å². The number of aliphatic hydroxyl groups excluding tert-OH is 2. The largest absolute Gasteiger partial charge is 0.493 e. The molecular formula is C31H41N3O4. The summed E-state index contributed by atoms with van der Waals surface area (Å²) in [5, 5.41) is 22.8. The van der Waals surface area contributed by atoms with Gasteiger partial charge < -0.3 is 29.9 Å². The van der Waals surface area contributed by atoms with Crippen molar-refractivity contribution in [3.05, 3.63) is 77.6 Å². The van der Waals surface area contributed by atoms with Crippen LogP contribution in [0.5, 0.6) is 11.5 Å². The number of ether oxygens (including phenoxy) is 2. The third-order valence-corrected chi connectivity index (χ3v) is 7.24. The number of benzene rings is 2. The van der Waals surface area contributed by atoms with Gasteiger partial charge in [-0.3, -0.25) is 4.98 Å². The molecule has 7 heteroatoms. The third-order valence-electron chi connectivity index (χ3n) is 7.24. The summed E-state index contributed by atoms with van der Waals surface area (Å²) in [6, 6.07) is 16.1. The van der Waals surface area contributed by atoms with E-state index in [-0.39, 0.29) is 18.8 Å². The van der Waals surface area contributed by atoms with E-state index in [1.807, 2.05) is 36.4 Å². The first-order chi connectivity index (χ1) is 18.6. The van der Waals surface area contributed by atoms with E-state index in [1.165, 1.54) is 0 Å². The van der Waals surface area contributed by atoms with Crippen molar-refractivity contribution in [2.45, 2.75) is 45.3 Å². The molecule has 2 aromatic carbocycles. The van der Waals surface area contributed by atoms with Crippen LogP contribution in [0, 0.1) is 13.8 Å². The van der Waals surface area contributed by atoms with Gasteiger partial charge in [-0.05, 0) is 91.7 Å². The van der Waals surface area contributed by atoms with Gasteiger partial charge in [0.15, 0.2) is 0 Å². The van der Waals surface area contributed by atoms with Crippen LogP contribution in [0.3, 0.4) is 0 Å². The van der Waals surface area contributed by atoms with E-state index in [1.54, 1.807) is 12.4 Å². The third kappa shape index (κ3) is 7.54. The molecule has 0 spiro atoms. The summed E-state index contributed by atoms with van der Waals surface area (Å²) in [6.45, 7) is 8.93. The lowest BCUT2D eigenvalue weighted by molar-refractivity contribution is 0.173. The van der Waals surface area contributed by atoms with Crippen LogP contribution in [0.25, 0.3) is 11.1 Å². The Bertz CT molecular complexity index is 1140. The van der Waals surface area contributed by atoms with Gasteiger partial charge in [0, 0.05) is 32.0 Å². The van der Waals surface area contributed by atoms with Crippen molar-refractivity contribution in [2.24, 2.45) is 0 Å². The highest BCUT2D eigenvalue weighted by atomic mass is 16.5. The van der Waals surface area contributed by atoms with Crippen LogP contribution in [0.4, 0.5) is 0 Å². The van der Waals surface area contributed by atoms with Crippen molar-refractivity contribution in [3.8, 4) is 22.6 Å². The molecule has 2 heterocycles. The van der Waals surface area contributed by atoms with Gasteiger partial charge in [-0.15, -0.1) is 0 Å². The standard InChI is InChI=1S/C31H41N3O4/c1-23-27(28-8-4-10-31(24(28)2)38-20-6-17-34-18-13-26(36)21-34)7-3-9-30(23)37-19-5-14-33-29(22-35)25-11-15-32-16-12-25/h3-4,7-12,15-16,26,29,33,35-36H,5-6,13-14,17-22H2,1-2H3/t26-,29?/m1/s1. The van der Waals surface area contributed by atoms with Crippen LogP contribution in [0.1, 0.15) is 42.0 Å². The fourth-order valence-corrected chi connectivity index (χ4v) is 5.02. The first-order valence-corrected chi connectivity index (χ1v) is 13.7. The molecule has 0 aliphatic carbocycles. The zero-order chi connectivity index (χ0) is 26.7. The summed E-state index contributed by atoms with van der Waals surface area (Å²) in [6.07, 6.45) is 5.94. The lowest BCUT2D eigenvalue weighted by Gasteiger charge is -2.18. The molecule has 1 aliphatic heterocycles. The van der Waals surface area contributed by atoms with E-state index < -0.39 is 0 Å². The smallest absolute Gasteiger partial charge is 0.122 e. The van der Waals surface area contributed by atoms with E-state index >= 15 is 0 Å². The Morgan fingerprint density at radius 3 is 2.16 bits per heavy atom. The molecule has 3 aromatic rings. The van der Waals surface area contributed by atoms with Gasteiger partial charge in [0.1, 0.15) is 11.5 Å². The molecule has 3 N–H and O–H groups in total. The number of likely N-dealkylation sites (tertiary alicyclic amines) is 1. The van der Waals surface area contributed by atoms with E-state index in [4.69, 9.17) is 9.47 Å². The predicted octanol–water partition coefficient (Wildman–Crippen LogP) is 4.29. The summed E-state index contributed by atoms with van der Waals surface area (Å²) >= 11 is 0. The van der Waals surface area contributed by atoms with Crippen LogP contribution in [0.2, 0.25) is 0 Å². The Hall–Kier alpha value is -2.97. The highest BCUT2D eigenvalue weighted by molar-refractivity contribution is 5.74. The second kappa shape index (κ2) is 14.3. The van der Waals surface area contributed by atoms with Gasteiger partial charge in [-0.2, -0.15) is 0 Å². The first-order valence-electron chi connectivity index (χ1n) is 13.7. The van der Waals surface area contributed by atoms with Crippen LogP contribution in [-0.2, 0) is 0 Å². The minimum Gasteiger partial charge on any atom is -0.493 e. The average Bonchev–Trinajstić information content (AvgIpc) is 3.36. The van der Waals surface area contributed by atoms with Crippen LogP contribution < -0.4 is 14.8 Å².